The summed E-state index contributed by atoms with van der Waals surface area (Å²) in [6.45, 7) is 6.05. The highest BCUT2D eigenvalue weighted by atomic mass is 32.2. The molecular formula is C14H21FN2S. The molecule has 100 valence electrons. The molecule has 1 aromatic carbocycles. The summed E-state index contributed by atoms with van der Waals surface area (Å²) < 4.78 is 14.2. The highest BCUT2D eigenvalue weighted by molar-refractivity contribution is 8.00. The summed E-state index contributed by atoms with van der Waals surface area (Å²) in [5.74, 6) is 6.69. The van der Waals surface area contributed by atoms with Gasteiger partial charge in [-0.15, -0.1) is 0 Å². The molecule has 2 atom stereocenters. The number of hydrogen-bond donors (Lipinski definition) is 2. The predicted octanol–water partition coefficient (Wildman–Crippen LogP) is 3.23. The van der Waals surface area contributed by atoms with Crippen LogP contribution in [0.1, 0.15) is 42.5 Å². The normalized spacial score (nSPS) is 25.4. The molecule has 2 unspecified atom stereocenters. The van der Waals surface area contributed by atoms with Crippen LogP contribution in [-0.2, 0) is 0 Å². The number of hydrazine groups is 1. The van der Waals surface area contributed by atoms with E-state index in [4.69, 9.17) is 5.84 Å². The Kier molecular flexibility index (Phi) is 3.99. The number of aryl methyl sites for hydroxylation is 2. The van der Waals surface area contributed by atoms with Gasteiger partial charge in [0, 0.05) is 10.3 Å². The Morgan fingerprint density at radius 2 is 2.17 bits per heavy atom. The molecule has 0 aromatic heterocycles. The molecule has 1 fully saturated rings. The number of nitrogens with one attached hydrogen (secondary N) is 1. The summed E-state index contributed by atoms with van der Waals surface area (Å²) >= 11 is 1.88. The zero-order chi connectivity index (χ0) is 13.3. The third-order valence-corrected chi connectivity index (χ3v) is 5.39. The van der Waals surface area contributed by atoms with E-state index >= 15 is 0 Å². The van der Waals surface area contributed by atoms with Crippen LogP contribution < -0.4 is 11.3 Å². The van der Waals surface area contributed by atoms with Gasteiger partial charge in [-0.3, -0.25) is 11.3 Å². The van der Waals surface area contributed by atoms with E-state index in [9.17, 15) is 4.39 Å². The van der Waals surface area contributed by atoms with Crippen molar-refractivity contribution in [1.82, 2.24) is 5.43 Å². The van der Waals surface area contributed by atoms with Crippen LogP contribution >= 0.6 is 11.8 Å². The van der Waals surface area contributed by atoms with Crippen molar-refractivity contribution < 1.29 is 4.39 Å². The third-order valence-electron chi connectivity index (χ3n) is 3.80. The van der Waals surface area contributed by atoms with Crippen molar-refractivity contribution >= 4 is 11.8 Å². The molecular weight excluding hydrogens is 247 g/mol. The number of nitrogens with two attached hydrogens (primary N) is 1. The van der Waals surface area contributed by atoms with Crippen LogP contribution in [0.3, 0.4) is 0 Å². The molecule has 0 aliphatic carbocycles. The molecule has 0 saturated carbocycles. The van der Waals surface area contributed by atoms with E-state index in [1.54, 1.807) is 6.07 Å². The number of hydrogen-bond acceptors (Lipinski definition) is 3. The van der Waals surface area contributed by atoms with Gasteiger partial charge in [0.15, 0.2) is 0 Å². The Morgan fingerprint density at radius 3 is 2.67 bits per heavy atom. The molecule has 2 rings (SSSR count). The van der Waals surface area contributed by atoms with E-state index in [0.29, 0.717) is 0 Å². The monoisotopic (exact) mass is 268 g/mol. The van der Waals surface area contributed by atoms with Gasteiger partial charge in [-0.05, 0) is 56.6 Å². The molecule has 4 heteroatoms. The molecule has 0 radical (unpaired) electrons. The molecule has 3 N–H and O–H groups in total. The lowest BCUT2D eigenvalue weighted by Crippen LogP contribution is -2.42. The Labute approximate surface area is 112 Å². The minimum absolute atomic E-state index is 0.0182. The highest BCUT2D eigenvalue weighted by Gasteiger charge is 2.40. The highest BCUT2D eigenvalue weighted by Crippen LogP contribution is 2.47. The topological polar surface area (TPSA) is 38.0 Å². The second-order valence-corrected chi connectivity index (χ2v) is 6.97. The first-order chi connectivity index (χ1) is 8.48. The summed E-state index contributed by atoms with van der Waals surface area (Å²) in [5, 5.41) is 0. The predicted molar refractivity (Wildman–Crippen MR) is 76.0 cm³/mol. The lowest BCUT2D eigenvalue weighted by Gasteiger charge is -2.34. The van der Waals surface area contributed by atoms with Crippen molar-refractivity contribution in [3.05, 3.63) is 34.6 Å². The Morgan fingerprint density at radius 1 is 1.44 bits per heavy atom. The fraction of sp³-hybridized carbons (Fsp3) is 0.571. The number of halogens is 1. The van der Waals surface area contributed by atoms with Gasteiger partial charge < -0.3 is 0 Å². The van der Waals surface area contributed by atoms with Crippen LogP contribution in [0.2, 0.25) is 0 Å². The van der Waals surface area contributed by atoms with Crippen molar-refractivity contribution in [3.63, 3.8) is 0 Å². The van der Waals surface area contributed by atoms with Crippen LogP contribution in [0, 0.1) is 19.7 Å². The number of rotatable bonds is 3. The summed E-state index contributed by atoms with van der Waals surface area (Å²) in [6.07, 6.45) is 2.24. The first-order valence-electron chi connectivity index (χ1n) is 6.34. The molecule has 0 bridgehead atoms. The van der Waals surface area contributed by atoms with E-state index in [-0.39, 0.29) is 16.6 Å². The van der Waals surface area contributed by atoms with Crippen LogP contribution in [0.4, 0.5) is 4.39 Å². The lowest BCUT2D eigenvalue weighted by atomic mass is 9.87. The summed E-state index contributed by atoms with van der Waals surface area (Å²) in [7, 11) is 0. The first-order valence-corrected chi connectivity index (χ1v) is 7.33. The SMILES string of the molecule is Cc1cc(C)c(C(NN)C2(C)CCCS2)c(F)c1. The second-order valence-electron chi connectivity index (χ2n) is 5.34. The fourth-order valence-corrected chi connectivity index (χ4v) is 4.28. The van der Waals surface area contributed by atoms with Crippen LogP contribution in [-0.4, -0.2) is 10.5 Å². The average molecular weight is 268 g/mol. The first kappa shape index (κ1) is 13.8. The van der Waals surface area contributed by atoms with Crippen LogP contribution in [0.15, 0.2) is 12.1 Å². The average Bonchev–Trinajstić information content (AvgIpc) is 2.71. The van der Waals surface area contributed by atoms with Crippen LogP contribution in [0.25, 0.3) is 0 Å². The lowest BCUT2D eigenvalue weighted by molar-refractivity contribution is 0.404. The minimum atomic E-state index is -0.149. The molecule has 18 heavy (non-hydrogen) atoms. The Balaban J connectivity index is 2.45. The van der Waals surface area contributed by atoms with Crippen LogP contribution in [0.5, 0.6) is 0 Å². The molecule has 1 saturated heterocycles. The molecule has 2 nitrogen and oxygen atoms in total. The zero-order valence-electron chi connectivity index (χ0n) is 11.2. The maximum absolute atomic E-state index is 14.3. The largest absolute Gasteiger partial charge is 0.271 e. The van der Waals surface area contributed by atoms with Gasteiger partial charge in [-0.1, -0.05) is 6.07 Å². The molecule has 0 spiro atoms. The zero-order valence-corrected chi connectivity index (χ0v) is 12.0. The van der Waals surface area contributed by atoms with Crippen molar-refractivity contribution in [3.8, 4) is 0 Å². The molecule has 1 aliphatic heterocycles. The maximum atomic E-state index is 14.3. The summed E-state index contributed by atoms with van der Waals surface area (Å²) in [4.78, 5) is 0. The van der Waals surface area contributed by atoms with Gasteiger partial charge >= 0.3 is 0 Å². The smallest absolute Gasteiger partial charge is 0.128 e. The van der Waals surface area contributed by atoms with Crippen molar-refractivity contribution in [2.24, 2.45) is 5.84 Å². The van der Waals surface area contributed by atoms with Crippen molar-refractivity contribution in [2.75, 3.05) is 5.75 Å². The Hall–Kier alpha value is -0.580. The summed E-state index contributed by atoms with van der Waals surface area (Å²) in [6, 6.07) is 3.48. The maximum Gasteiger partial charge on any atom is 0.128 e. The van der Waals surface area contributed by atoms with E-state index in [0.717, 1.165) is 28.9 Å². The van der Waals surface area contributed by atoms with Crippen molar-refractivity contribution in [2.45, 2.75) is 44.4 Å². The van der Waals surface area contributed by atoms with Gasteiger partial charge in [0.25, 0.3) is 0 Å². The van der Waals surface area contributed by atoms with E-state index in [1.807, 2.05) is 31.7 Å². The van der Waals surface area contributed by atoms with Gasteiger partial charge in [0.1, 0.15) is 5.82 Å². The van der Waals surface area contributed by atoms with E-state index < -0.39 is 0 Å². The quantitative estimate of drug-likeness (QED) is 0.653. The van der Waals surface area contributed by atoms with Gasteiger partial charge in [0.05, 0.1) is 6.04 Å². The second kappa shape index (κ2) is 5.19. The number of thioether (sulfide) groups is 1. The molecule has 0 amide bonds. The molecule has 1 heterocycles. The van der Waals surface area contributed by atoms with Gasteiger partial charge in [-0.2, -0.15) is 11.8 Å². The van der Waals surface area contributed by atoms with Gasteiger partial charge in [-0.25, -0.2) is 4.39 Å². The number of benzene rings is 1. The molecule has 1 aromatic rings. The van der Waals surface area contributed by atoms with Crippen molar-refractivity contribution in [1.29, 1.82) is 0 Å². The summed E-state index contributed by atoms with van der Waals surface area (Å²) in [5.41, 5.74) is 5.49. The molecule has 1 aliphatic rings. The standard InChI is InChI=1S/C14H21FN2S/c1-9-7-10(2)12(11(15)8-9)13(17-16)14(3)5-4-6-18-14/h7-8,13,17H,4-6,16H2,1-3H3. The minimum Gasteiger partial charge on any atom is -0.271 e. The van der Waals surface area contributed by atoms with E-state index in [1.165, 1.54) is 6.42 Å². The van der Waals surface area contributed by atoms with Gasteiger partial charge in [0.2, 0.25) is 0 Å². The fourth-order valence-electron chi connectivity index (χ4n) is 2.89. The van der Waals surface area contributed by atoms with E-state index in [2.05, 4.69) is 12.3 Å². The Bertz CT molecular complexity index is 418. The third kappa shape index (κ3) is 2.42.